The van der Waals surface area contributed by atoms with Gasteiger partial charge in [0, 0.05) is 35.0 Å². The fraction of sp³-hybridized carbons (Fsp3) is 0.483. The monoisotopic (exact) mass is 451 g/mol. The number of ether oxygens (including phenoxy) is 1. The number of allylic oxidation sites excluding steroid dienone is 1. The number of benzene rings is 2. The maximum atomic E-state index is 12.9. The number of carbonyl (C=O) groups is 1. The summed E-state index contributed by atoms with van der Waals surface area (Å²) in [5.74, 6) is 0.879. The number of ketones is 1. The number of rotatable bonds is 10. The van der Waals surface area contributed by atoms with Crippen LogP contribution in [0.25, 0.3) is 6.08 Å². The van der Waals surface area contributed by atoms with Gasteiger partial charge in [-0.2, -0.15) is 0 Å². The molecule has 2 N–H and O–H groups in total. The van der Waals surface area contributed by atoms with Gasteiger partial charge in [0.05, 0.1) is 6.10 Å². The van der Waals surface area contributed by atoms with Crippen LogP contribution in [0.2, 0.25) is 0 Å². The molecule has 0 aliphatic heterocycles. The molecule has 0 fully saturated rings. The van der Waals surface area contributed by atoms with Crippen LogP contribution in [0.3, 0.4) is 0 Å². The van der Waals surface area contributed by atoms with Crippen molar-refractivity contribution in [3.05, 3.63) is 58.7 Å². The minimum absolute atomic E-state index is 0.0715. The topological polar surface area (TPSA) is 58.6 Å². The van der Waals surface area contributed by atoms with E-state index in [4.69, 9.17) is 4.74 Å². The summed E-state index contributed by atoms with van der Waals surface area (Å²) in [6.45, 7) is 16.7. The molecule has 4 heteroatoms. The number of phenols is 1. The summed E-state index contributed by atoms with van der Waals surface area (Å²) in [7, 11) is 1.85. The van der Waals surface area contributed by atoms with Gasteiger partial charge in [0.15, 0.2) is 5.78 Å². The third-order valence-electron chi connectivity index (χ3n) is 6.68. The van der Waals surface area contributed by atoms with Crippen LogP contribution in [0.15, 0.2) is 36.4 Å². The van der Waals surface area contributed by atoms with E-state index in [1.165, 1.54) is 0 Å². The molecule has 0 aliphatic carbocycles. The maximum Gasteiger partial charge on any atom is 0.185 e. The predicted octanol–water partition coefficient (Wildman–Crippen LogP) is 7.49. The molecule has 0 radical (unpaired) electrons. The quantitative estimate of drug-likeness (QED) is 0.290. The standard InChI is InChI=1S/C29H41NO3/c1-10-28(5,6)23-18-21(14-17-24(31)20-12-15-22(30-9)16-13-20)27(33-19(3)4)25(26(23)32)29(7,8)11-2/h12-19,30,32H,10-11H2,1-9H3. The lowest BCUT2D eigenvalue weighted by atomic mass is 9.74. The van der Waals surface area contributed by atoms with E-state index in [0.717, 1.165) is 35.2 Å². The average Bonchev–Trinajstić information content (AvgIpc) is 2.77. The summed E-state index contributed by atoms with van der Waals surface area (Å²) in [5.41, 5.74) is 3.55. The van der Waals surface area contributed by atoms with Gasteiger partial charge in [-0.25, -0.2) is 0 Å². The van der Waals surface area contributed by atoms with Gasteiger partial charge in [-0.1, -0.05) is 41.5 Å². The molecule has 0 atom stereocenters. The highest BCUT2D eigenvalue weighted by Crippen LogP contribution is 2.48. The zero-order valence-electron chi connectivity index (χ0n) is 21.8. The van der Waals surface area contributed by atoms with Gasteiger partial charge in [0.2, 0.25) is 0 Å². The third-order valence-corrected chi connectivity index (χ3v) is 6.68. The molecule has 0 saturated heterocycles. The van der Waals surface area contributed by atoms with E-state index in [1.54, 1.807) is 6.08 Å². The lowest BCUT2D eigenvalue weighted by Crippen LogP contribution is -2.23. The van der Waals surface area contributed by atoms with Gasteiger partial charge in [-0.05, 0) is 80.0 Å². The molecule has 0 saturated carbocycles. The Balaban J connectivity index is 2.72. The summed E-state index contributed by atoms with van der Waals surface area (Å²) in [6.07, 6.45) is 5.06. The highest BCUT2D eigenvalue weighted by Gasteiger charge is 2.34. The number of hydrogen-bond donors (Lipinski definition) is 2. The second-order valence-electron chi connectivity index (χ2n) is 10.2. The molecule has 0 bridgehead atoms. The minimum Gasteiger partial charge on any atom is -0.507 e. The van der Waals surface area contributed by atoms with E-state index in [2.05, 4.69) is 46.9 Å². The van der Waals surface area contributed by atoms with Crippen molar-refractivity contribution in [2.24, 2.45) is 0 Å². The van der Waals surface area contributed by atoms with Crippen molar-refractivity contribution in [1.82, 2.24) is 0 Å². The maximum absolute atomic E-state index is 12.9. The van der Waals surface area contributed by atoms with E-state index in [-0.39, 0.29) is 22.7 Å². The molecule has 4 nitrogen and oxygen atoms in total. The molecule has 0 unspecified atom stereocenters. The van der Waals surface area contributed by atoms with Crippen molar-refractivity contribution in [3.63, 3.8) is 0 Å². The molecule has 2 aromatic rings. The molecule has 0 aromatic heterocycles. The van der Waals surface area contributed by atoms with Crippen LogP contribution in [0.4, 0.5) is 5.69 Å². The Morgan fingerprint density at radius 1 is 1.06 bits per heavy atom. The Morgan fingerprint density at radius 2 is 1.64 bits per heavy atom. The summed E-state index contributed by atoms with van der Waals surface area (Å²) in [5, 5.41) is 14.5. The van der Waals surface area contributed by atoms with Crippen LogP contribution in [0.1, 0.15) is 95.3 Å². The highest BCUT2D eigenvalue weighted by atomic mass is 16.5. The van der Waals surface area contributed by atoms with E-state index in [0.29, 0.717) is 17.1 Å². The first kappa shape index (κ1) is 26.5. The van der Waals surface area contributed by atoms with Gasteiger partial charge in [-0.15, -0.1) is 0 Å². The van der Waals surface area contributed by atoms with Gasteiger partial charge < -0.3 is 15.2 Å². The van der Waals surface area contributed by atoms with Gasteiger partial charge >= 0.3 is 0 Å². The Kier molecular flexibility index (Phi) is 8.40. The Bertz CT molecular complexity index is 999. The normalized spacial score (nSPS) is 12.4. The van der Waals surface area contributed by atoms with Crippen molar-refractivity contribution >= 4 is 17.5 Å². The number of phenolic OH excluding ortho intramolecular Hbond substituents is 1. The molecule has 2 aromatic carbocycles. The van der Waals surface area contributed by atoms with Gasteiger partial charge in [0.25, 0.3) is 0 Å². The van der Waals surface area contributed by atoms with Crippen LogP contribution in [0.5, 0.6) is 11.5 Å². The summed E-state index contributed by atoms with van der Waals surface area (Å²) in [4.78, 5) is 12.9. The van der Waals surface area contributed by atoms with Crippen molar-refractivity contribution in [3.8, 4) is 11.5 Å². The van der Waals surface area contributed by atoms with E-state index in [1.807, 2.05) is 57.3 Å². The molecule has 0 spiro atoms. The third kappa shape index (κ3) is 5.98. The lowest BCUT2D eigenvalue weighted by Gasteiger charge is -2.33. The summed E-state index contributed by atoms with van der Waals surface area (Å²) in [6, 6.07) is 9.40. The zero-order valence-corrected chi connectivity index (χ0v) is 21.8. The molecule has 0 aliphatic rings. The summed E-state index contributed by atoms with van der Waals surface area (Å²) >= 11 is 0. The first-order valence-electron chi connectivity index (χ1n) is 12.0. The number of carbonyl (C=O) groups excluding carboxylic acids is 1. The molecular formula is C29H41NO3. The van der Waals surface area contributed by atoms with E-state index in [9.17, 15) is 9.90 Å². The molecule has 0 heterocycles. The second-order valence-corrected chi connectivity index (χ2v) is 10.2. The Morgan fingerprint density at radius 3 is 2.12 bits per heavy atom. The minimum atomic E-state index is -0.302. The number of aromatic hydroxyl groups is 1. The SMILES string of the molecule is CCC(C)(C)c1cc(C=CC(=O)c2ccc(NC)cc2)c(OC(C)C)c(C(C)(C)CC)c1O. The molecule has 33 heavy (non-hydrogen) atoms. The van der Waals surface area contributed by atoms with E-state index < -0.39 is 0 Å². The highest BCUT2D eigenvalue weighted by molar-refractivity contribution is 6.07. The fourth-order valence-corrected chi connectivity index (χ4v) is 3.74. The zero-order chi connectivity index (χ0) is 25.0. The van der Waals surface area contributed by atoms with Crippen LogP contribution in [-0.2, 0) is 10.8 Å². The number of hydrogen-bond acceptors (Lipinski definition) is 4. The molecule has 2 rings (SSSR count). The number of nitrogens with one attached hydrogen (secondary N) is 1. The largest absolute Gasteiger partial charge is 0.507 e. The Hall–Kier alpha value is -2.75. The number of anilines is 1. The average molecular weight is 452 g/mol. The molecular weight excluding hydrogens is 410 g/mol. The smallest absolute Gasteiger partial charge is 0.185 e. The Labute approximate surface area is 200 Å². The summed E-state index contributed by atoms with van der Waals surface area (Å²) < 4.78 is 6.28. The molecule has 180 valence electrons. The molecule has 0 amide bonds. The van der Waals surface area contributed by atoms with Crippen LogP contribution in [-0.4, -0.2) is 24.0 Å². The first-order valence-corrected chi connectivity index (χ1v) is 12.0. The van der Waals surface area contributed by atoms with Crippen molar-refractivity contribution < 1.29 is 14.6 Å². The van der Waals surface area contributed by atoms with Crippen LogP contribution in [0, 0.1) is 0 Å². The predicted molar refractivity (Wildman–Crippen MR) is 140 cm³/mol. The second kappa shape index (κ2) is 10.5. The van der Waals surface area contributed by atoms with Crippen LogP contribution < -0.4 is 10.1 Å². The van der Waals surface area contributed by atoms with Crippen molar-refractivity contribution in [1.29, 1.82) is 0 Å². The van der Waals surface area contributed by atoms with Crippen LogP contribution >= 0.6 is 0 Å². The van der Waals surface area contributed by atoms with E-state index >= 15 is 0 Å². The van der Waals surface area contributed by atoms with Gasteiger partial charge in [-0.3, -0.25) is 4.79 Å². The van der Waals surface area contributed by atoms with Gasteiger partial charge in [0.1, 0.15) is 11.5 Å². The first-order chi connectivity index (χ1) is 15.4. The van der Waals surface area contributed by atoms with Crippen molar-refractivity contribution in [2.45, 2.75) is 85.2 Å². The fourth-order valence-electron chi connectivity index (χ4n) is 3.74. The van der Waals surface area contributed by atoms with Crippen molar-refractivity contribution in [2.75, 3.05) is 12.4 Å². The lowest BCUT2D eigenvalue weighted by molar-refractivity contribution is 0.104.